The van der Waals surface area contributed by atoms with Crippen molar-refractivity contribution in [3.05, 3.63) is 54.0 Å². The zero-order valence-corrected chi connectivity index (χ0v) is 14.6. The molecule has 0 saturated heterocycles. The van der Waals surface area contributed by atoms with E-state index in [-0.39, 0.29) is 6.10 Å². The van der Waals surface area contributed by atoms with Crippen LogP contribution in [0, 0.1) is 0 Å². The number of aromatic nitrogens is 3. The van der Waals surface area contributed by atoms with Crippen molar-refractivity contribution in [3.8, 4) is 22.7 Å². The minimum absolute atomic E-state index is 0.0446. The van der Waals surface area contributed by atoms with E-state index in [1.54, 1.807) is 20.4 Å². The molecule has 25 heavy (non-hydrogen) atoms. The number of pyridine rings is 1. The Morgan fingerprint density at radius 1 is 1.12 bits per heavy atom. The zero-order valence-electron chi connectivity index (χ0n) is 14.6. The molecular weight excluding hydrogens is 318 g/mol. The molecule has 6 heteroatoms. The number of ether oxygens (including phenoxy) is 2. The molecule has 0 unspecified atom stereocenters. The molecule has 0 N–H and O–H groups in total. The van der Waals surface area contributed by atoms with Crippen LogP contribution in [-0.2, 0) is 15.9 Å². The third-order valence-corrected chi connectivity index (χ3v) is 4.01. The number of hydrogen-bond acceptors (Lipinski definition) is 6. The predicted molar refractivity (Wildman–Crippen MR) is 94.0 cm³/mol. The van der Waals surface area contributed by atoms with Crippen molar-refractivity contribution in [2.45, 2.75) is 19.4 Å². The number of methoxy groups -OCH3 is 2. The molecule has 6 nitrogen and oxygen atoms in total. The van der Waals surface area contributed by atoms with Crippen LogP contribution in [0.25, 0.3) is 22.7 Å². The summed E-state index contributed by atoms with van der Waals surface area (Å²) in [4.78, 5) is 8.88. The summed E-state index contributed by atoms with van der Waals surface area (Å²) in [7, 11) is 3.35. The fraction of sp³-hybridized carbons (Fsp3) is 0.316. The lowest BCUT2D eigenvalue weighted by Crippen LogP contribution is -1.96. The second-order valence-electron chi connectivity index (χ2n) is 5.69. The minimum atomic E-state index is 0.0446. The van der Waals surface area contributed by atoms with Gasteiger partial charge in [-0.2, -0.15) is 4.98 Å². The van der Waals surface area contributed by atoms with Gasteiger partial charge in [0.1, 0.15) is 0 Å². The molecule has 0 aliphatic rings. The van der Waals surface area contributed by atoms with Gasteiger partial charge in [0, 0.05) is 32.4 Å². The van der Waals surface area contributed by atoms with Crippen LogP contribution in [-0.4, -0.2) is 36.0 Å². The van der Waals surface area contributed by atoms with Gasteiger partial charge in [-0.3, -0.25) is 4.98 Å². The van der Waals surface area contributed by atoms with E-state index in [9.17, 15) is 0 Å². The maximum Gasteiger partial charge on any atom is 0.259 e. The van der Waals surface area contributed by atoms with Crippen LogP contribution in [0.5, 0.6) is 0 Å². The summed E-state index contributed by atoms with van der Waals surface area (Å²) in [6.07, 6.45) is 2.41. The Labute approximate surface area is 146 Å². The molecule has 0 amide bonds. The molecule has 2 heterocycles. The van der Waals surface area contributed by atoms with E-state index in [2.05, 4.69) is 21.2 Å². The van der Waals surface area contributed by atoms with Crippen molar-refractivity contribution in [2.24, 2.45) is 0 Å². The van der Waals surface area contributed by atoms with E-state index in [1.165, 1.54) is 0 Å². The summed E-state index contributed by atoms with van der Waals surface area (Å²) < 4.78 is 15.7. The topological polar surface area (TPSA) is 70.3 Å². The molecule has 0 bridgehead atoms. The fourth-order valence-corrected chi connectivity index (χ4v) is 2.44. The van der Waals surface area contributed by atoms with Gasteiger partial charge in [0.2, 0.25) is 0 Å². The first-order chi connectivity index (χ1) is 12.2. The van der Waals surface area contributed by atoms with Crippen LogP contribution >= 0.6 is 0 Å². The Morgan fingerprint density at radius 2 is 2.00 bits per heavy atom. The number of hydrogen-bond donors (Lipinski definition) is 0. The van der Waals surface area contributed by atoms with Crippen molar-refractivity contribution >= 4 is 0 Å². The second-order valence-corrected chi connectivity index (χ2v) is 5.69. The summed E-state index contributed by atoms with van der Waals surface area (Å²) in [5.74, 6) is 1.09. The normalized spacial score (nSPS) is 12.3. The highest BCUT2D eigenvalue weighted by Gasteiger charge is 2.10. The lowest BCUT2D eigenvalue weighted by atomic mass is 10.0. The lowest BCUT2D eigenvalue weighted by molar-refractivity contribution is 0.119. The monoisotopic (exact) mass is 339 g/mol. The largest absolute Gasteiger partial charge is 0.384 e. The molecule has 0 fully saturated rings. The van der Waals surface area contributed by atoms with Crippen molar-refractivity contribution in [2.75, 3.05) is 20.8 Å². The van der Waals surface area contributed by atoms with Gasteiger partial charge in [0.05, 0.1) is 24.0 Å². The van der Waals surface area contributed by atoms with Crippen LogP contribution in [0.3, 0.4) is 0 Å². The zero-order chi connectivity index (χ0) is 17.6. The van der Waals surface area contributed by atoms with E-state index in [4.69, 9.17) is 14.0 Å². The number of rotatable bonds is 7. The Balaban J connectivity index is 1.79. The van der Waals surface area contributed by atoms with Crippen molar-refractivity contribution < 1.29 is 14.0 Å². The van der Waals surface area contributed by atoms with Crippen LogP contribution in [0.15, 0.2) is 47.1 Å². The van der Waals surface area contributed by atoms with Crippen molar-refractivity contribution in [3.63, 3.8) is 0 Å². The van der Waals surface area contributed by atoms with Gasteiger partial charge >= 0.3 is 0 Å². The fourth-order valence-electron chi connectivity index (χ4n) is 2.44. The molecule has 0 aliphatic carbocycles. The molecule has 2 aromatic heterocycles. The molecular formula is C19H21N3O3. The third-order valence-electron chi connectivity index (χ3n) is 4.01. The summed E-state index contributed by atoms with van der Waals surface area (Å²) in [5, 5.41) is 3.94. The van der Waals surface area contributed by atoms with E-state index in [1.807, 2.05) is 37.3 Å². The quantitative estimate of drug-likeness (QED) is 0.654. The van der Waals surface area contributed by atoms with E-state index >= 15 is 0 Å². The van der Waals surface area contributed by atoms with Crippen molar-refractivity contribution in [1.82, 2.24) is 15.1 Å². The second kappa shape index (κ2) is 8.00. The van der Waals surface area contributed by atoms with Crippen LogP contribution in [0.4, 0.5) is 0 Å². The smallest absolute Gasteiger partial charge is 0.259 e. The maximum absolute atomic E-state index is 5.38. The number of nitrogens with zero attached hydrogens (tertiary/aromatic N) is 3. The Hall–Kier alpha value is -2.57. The van der Waals surface area contributed by atoms with Crippen LogP contribution < -0.4 is 0 Å². The summed E-state index contributed by atoms with van der Waals surface area (Å²) in [6.45, 7) is 2.58. The first kappa shape index (κ1) is 17.3. The van der Waals surface area contributed by atoms with E-state index in [0.29, 0.717) is 24.7 Å². The van der Waals surface area contributed by atoms with Gasteiger partial charge < -0.3 is 14.0 Å². The van der Waals surface area contributed by atoms with Gasteiger partial charge in [0.25, 0.3) is 5.89 Å². The van der Waals surface area contributed by atoms with Gasteiger partial charge in [-0.05, 0) is 30.7 Å². The predicted octanol–water partition coefficient (Wildman–Crippen LogP) is 3.69. The van der Waals surface area contributed by atoms with E-state index < -0.39 is 0 Å². The molecule has 1 atom stereocenters. The Bertz CT molecular complexity index is 815. The first-order valence-corrected chi connectivity index (χ1v) is 8.12. The standard InChI is InChI=1S/C19H21N3O3/c1-13(24-3)14-5-4-6-15(11-14)17-8-7-16(12-20-17)19-21-18(22-25-19)9-10-23-2/h4-8,11-13H,9-10H2,1-3H3/t13-/m0/s1. The average molecular weight is 339 g/mol. The molecule has 1 aromatic carbocycles. The molecule has 0 aliphatic heterocycles. The lowest BCUT2D eigenvalue weighted by Gasteiger charge is -2.11. The highest BCUT2D eigenvalue weighted by atomic mass is 16.5. The van der Waals surface area contributed by atoms with Gasteiger partial charge in [-0.15, -0.1) is 0 Å². The SMILES string of the molecule is COCCc1noc(-c2ccc(-c3cccc([C@H](C)OC)c3)nc2)n1. The highest BCUT2D eigenvalue weighted by Crippen LogP contribution is 2.25. The van der Waals surface area contributed by atoms with Crippen LogP contribution in [0.2, 0.25) is 0 Å². The first-order valence-electron chi connectivity index (χ1n) is 8.12. The molecule has 3 aromatic rings. The molecule has 3 rings (SSSR count). The Kier molecular flexibility index (Phi) is 5.53. The van der Waals surface area contributed by atoms with Gasteiger partial charge in [0.15, 0.2) is 5.82 Å². The van der Waals surface area contributed by atoms with Gasteiger partial charge in [-0.25, -0.2) is 0 Å². The van der Waals surface area contributed by atoms with Gasteiger partial charge in [-0.1, -0.05) is 23.4 Å². The summed E-state index contributed by atoms with van der Waals surface area (Å²) >= 11 is 0. The average Bonchev–Trinajstić information content (AvgIpc) is 3.15. The summed E-state index contributed by atoms with van der Waals surface area (Å²) in [5.41, 5.74) is 3.83. The Morgan fingerprint density at radius 3 is 2.72 bits per heavy atom. The molecule has 0 saturated carbocycles. The summed E-state index contributed by atoms with van der Waals surface area (Å²) in [6, 6.07) is 12.1. The third kappa shape index (κ3) is 4.10. The van der Waals surface area contributed by atoms with Crippen molar-refractivity contribution in [1.29, 1.82) is 0 Å². The maximum atomic E-state index is 5.38. The van der Waals surface area contributed by atoms with E-state index in [0.717, 1.165) is 22.4 Å². The molecule has 0 radical (unpaired) electrons. The molecule has 0 spiro atoms. The molecule has 130 valence electrons. The number of benzene rings is 1. The van der Waals surface area contributed by atoms with Crippen LogP contribution in [0.1, 0.15) is 24.4 Å². The minimum Gasteiger partial charge on any atom is -0.384 e. The highest BCUT2D eigenvalue weighted by molar-refractivity contribution is 5.63.